The molecule has 0 saturated carbocycles. The molecule has 6 heteroatoms. The average molecular weight is 293 g/mol. The lowest BCUT2D eigenvalue weighted by Gasteiger charge is -2.13. The van der Waals surface area contributed by atoms with Crippen molar-refractivity contribution in [2.24, 2.45) is 5.92 Å². The second-order valence-corrected chi connectivity index (χ2v) is 5.40. The topological polar surface area (TPSA) is 81.7 Å². The standard InChI is InChI=1S/C15H19NO5/c1-9(2)8-20-14(18)10(3)16-12-5-4-11(7-17)6-13(12)21-15(16)19/h4-6,9-10,17H,7-8H2,1-3H3. The van der Waals surface area contributed by atoms with Crippen molar-refractivity contribution in [2.75, 3.05) is 6.61 Å². The van der Waals surface area contributed by atoms with E-state index >= 15 is 0 Å². The number of hydrogen-bond donors (Lipinski definition) is 1. The van der Waals surface area contributed by atoms with Crippen molar-refractivity contribution in [1.29, 1.82) is 0 Å². The molecule has 0 fully saturated rings. The number of aliphatic hydroxyl groups excluding tert-OH is 1. The Kier molecular flexibility index (Phi) is 4.47. The summed E-state index contributed by atoms with van der Waals surface area (Å²) in [5.41, 5.74) is 1.49. The summed E-state index contributed by atoms with van der Waals surface area (Å²) < 4.78 is 11.5. The van der Waals surface area contributed by atoms with Crippen LogP contribution < -0.4 is 5.76 Å². The maximum Gasteiger partial charge on any atom is 0.420 e. The van der Waals surface area contributed by atoms with Gasteiger partial charge in [0.25, 0.3) is 0 Å². The van der Waals surface area contributed by atoms with Crippen LogP contribution in [0, 0.1) is 5.92 Å². The second-order valence-electron chi connectivity index (χ2n) is 5.40. The van der Waals surface area contributed by atoms with E-state index in [1.54, 1.807) is 25.1 Å². The predicted octanol–water partition coefficient (Wildman–Crippen LogP) is 1.85. The third kappa shape index (κ3) is 3.16. The van der Waals surface area contributed by atoms with E-state index in [9.17, 15) is 9.59 Å². The van der Waals surface area contributed by atoms with Crippen LogP contribution in [0.2, 0.25) is 0 Å². The lowest BCUT2D eigenvalue weighted by atomic mass is 10.2. The zero-order valence-electron chi connectivity index (χ0n) is 12.3. The Morgan fingerprint density at radius 3 is 2.71 bits per heavy atom. The quantitative estimate of drug-likeness (QED) is 0.851. The molecule has 0 amide bonds. The molecule has 1 heterocycles. The van der Waals surface area contributed by atoms with Crippen molar-refractivity contribution < 1.29 is 19.1 Å². The fourth-order valence-electron chi connectivity index (χ4n) is 2.02. The van der Waals surface area contributed by atoms with Crippen LogP contribution in [0.15, 0.2) is 27.4 Å². The molecule has 1 unspecified atom stereocenters. The Balaban J connectivity index is 2.35. The summed E-state index contributed by atoms with van der Waals surface area (Å²) in [4.78, 5) is 23.9. The van der Waals surface area contributed by atoms with Crippen LogP contribution in [-0.4, -0.2) is 22.2 Å². The molecule has 1 aromatic carbocycles. The summed E-state index contributed by atoms with van der Waals surface area (Å²) in [7, 11) is 0. The summed E-state index contributed by atoms with van der Waals surface area (Å²) in [6.45, 7) is 5.64. The third-order valence-corrected chi connectivity index (χ3v) is 3.15. The second kappa shape index (κ2) is 6.13. The number of oxazole rings is 1. The number of fused-ring (bicyclic) bond motifs is 1. The first kappa shape index (κ1) is 15.3. The molecule has 0 aliphatic rings. The molecule has 6 nitrogen and oxygen atoms in total. The van der Waals surface area contributed by atoms with Crippen LogP contribution in [0.1, 0.15) is 32.4 Å². The van der Waals surface area contributed by atoms with Gasteiger partial charge in [-0.3, -0.25) is 4.57 Å². The Labute approximate surface area is 121 Å². The molecular weight excluding hydrogens is 274 g/mol. The van der Waals surface area contributed by atoms with Gasteiger partial charge in [-0.1, -0.05) is 19.9 Å². The third-order valence-electron chi connectivity index (χ3n) is 3.15. The fraction of sp³-hybridized carbons (Fsp3) is 0.467. The van der Waals surface area contributed by atoms with Crippen molar-refractivity contribution >= 4 is 17.1 Å². The number of nitrogens with zero attached hydrogens (tertiary/aromatic N) is 1. The first-order valence-electron chi connectivity index (χ1n) is 6.85. The number of esters is 1. The Morgan fingerprint density at radius 1 is 1.38 bits per heavy atom. The van der Waals surface area contributed by atoms with Crippen LogP contribution in [-0.2, 0) is 16.1 Å². The largest absolute Gasteiger partial charge is 0.464 e. The van der Waals surface area contributed by atoms with E-state index in [4.69, 9.17) is 14.3 Å². The van der Waals surface area contributed by atoms with E-state index in [2.05, 4.69) is 0 Å². The molecule has 2 rings (SSSR count). The summed E-state index contributed by atoms with van der Waals surface area (Å²) in [6, 6.07) is 4.15. The molecule has 21 heavy (non-hydrogen) atoms. The number of rotatable bonds is 5. The van der Waals surface area contributed by atoms with Crippen LogP contribution >= 0.6 is 0 Å². The van der Waals surface area contributed by atoms with E-state index in [0.717, 1.165) is 0 Å². The minimum absolute atomic E-state index is 0.142. The highest BCUT2D eigenvalue weighted by Gasteiger charge is 2.23. The summed E-state index contributed by atoms with van der Waals surface area (Å²) in [5, 5.41) is 9.09. The lowest BCUT2D eigenvalue weighted by Crippen LogP contribution is -2.27. The number of ether oxygens (including phenoxy) is 1. The highest BCUT2D eigenvalue weighted by Crippen LogP contribution is 2.19. The molecule has 2 aromatic rings. The molecule has 0 aliphatic carbocycles. The average Bonchev–Trinajstić information content (AvgIpc) is 2.78. The molecule has 0 spiro atoms. The summed E-state index contributed by atoms with van der Waals surface area (Å²) >= 11 is 0. The minimum Gasteiger partial charge on any atom is -0.464 e. The van der Waals surface area contributed by atoms with E-state index in [-0.39, 0.29) is 12.5 Å². The minimum atomic E-state index is -0.766. The fourth-order valence-corrected chi connectivity index (χ4v) is 2.02. The van der Waals surface area contributed by atoms with Crippen molar-refractivity contribution in [2.45, 2.75) is 33.4 Å². The van der Waals surface area contributed by atoms with E-state index in [1.807, 2.05) is 13.8 Å². The summed E-state index contributed by atoms with van der Waals surface area (Å²) in [5.74, 6) is -0.861. The van der Waals surface area contributed by atoms with Gasteiger partial charge < -0.3 is 14.3 Å². The molecule has 114 valence electrons. The van der Waals surface area contributed by atoms with Gasteiger partial charge in [0.2, 0.25) is 0 Å². The van der Waals surface area contributed by atoms with Crippen LogP contribution in [0.4, 0.5) is 0 Å². The maximum atomic E-state index is 12.0. The monoisotopic (exact) mass is 293 g/mol. The number of hydrogen-bond acceptors (Lipinski definition) is 5. The zero-order chi connectivity index (χ0) is 15.6. The number of aliphatic hydroxyl groups is 1. The van der Waals surface area contributed by atoms with Gasteiger partial charge in [-0.2, -0.15) is 0 Å². The van der Waals surface area contributed by atoms with Gasteiger partial charge in [0.05, 0.1) is 18.7 Å². The molecule has 1 aromatic heterocycles. The molecule has 1 atom stereocenters. The van der Waals surface area contributed by atoms with Gasteiger partial charge >= 0.3 is 11.7 Å². The highest BCUT2D eigenvalue weighted by molar-refractivity contribution is 5.79. The van der Waals surface area contributed by atoms with Gasteiger partial charge in [0, 0.05) is 0 Å². The molecular formula is C15H19NO5. The van der Waals surface area contributed by atoms with Crippen LogP contribution in [0.25, 0.3) is 11.1 Å². The van der Waals surface area contributed by atoms with Gasteiger partial charge in [-0.15, -0.1) is 0 Å². The van der Waals surface area contributed by atoms with Gasteiger partial charge in [0.15, 0.2) is 5.58 Å². The Bertz CT molecular complexity index is 698. The molecule has 0 aliphatic heterocycles. The smallest absolute Gasteiger partial charge is 0.420 e. The Hall–Kier alpha value is -2.08. The van der Waals surface area contributed by atoms with Crippen LogP contribution in [0.5, 0.6) is 0 Å². The van der Waals surface area contributed by atoms with Gasteiger partial charge in [0.1, 0.15) is 6.04 Å². The molecule has 0 bridgehead atoms. The number of carbonyl (C=O) groups excluding carboxylic acids is 1. The summed E-state index contributed by atoms with van der Waals surface area (Å²) in [6.07, 6.45) is 0. The zero-order valence-corrected chi connectivity index (χ0v) is 12.3. The predicted molar refractivity (Wildman–Crippen MR) is 76.9 cm³/mol. The highest BCUT2D eigenvalue weighted by atomic mass is 16.5. The van der Waals surface area contributed by atoms with E-state index in [1.165, 1.54) is 4.57 Å². The number of aromatic nitrogens is 1. The van der Waals surface area contributed by atoms with Crippen molar-refractivity contribution in [1.82, 2.24) is 4.57 Å². The van der Waals surface area contributed by atoms with Crippen molar-refractivity contribution in [3.63, 3.8) is 0 Å². The molecule has 1 N–H and O–H groups in total. The van der Waals surface area contributed by atoms with Crippen LogP contribution in [0.3, 0.4) is 0 Å². The van der Waals surface area contributed by atoms with Crippen molar-refractivity contribution in [3.05, 3.63) is 34.3 Å². The number of benzene rings is 1. The number of carbonyl (C=O) groups is 1. The van der Waals surface area contributed by atoms with Crippen molar-refractivity contribution in [3.8, 4) is 0 Å². The van der Waals surface area contributed by atoms with E-state index in [0.29, 0.717) is 23.3 Å². The molecule has 0 radical (unpaired) electrons. The maximum absolute atomic E-state index is 12.0. The molecule has 0 saturated heterocycles. The van der Waals surface area contributed by atoms with Gasteiger partial charge in [-0.05, 0) is 30.5 Å². The SMILES string of the molecule is CC(C)COC(=O)C(C)n1c(=O)oc2cc(CO)ccc21. The first-order valence-corrected chi connectivity index (χ1v) is 6.85. The lowest BCUT2D eigenvalue weighted by molar-refractivity contribution is -0.148. The Morgan fingerprint density at radius 2 is 2.10 bits per heavy atom. The van der Waals surface area contributed by atoms with E-state index < -0.39 is 17.8 Å². The normalized spacial score (nSPS) is 12.8. The first-order chi connectivity index (χ1) is 9.93. The van der Waals surface area contributed by atoms with Gasteiger partial charge in [-0.25, -0.2) is 9.59 Å².